The van der Waals surface area contributed by atoms with Crippen LogP contribution in [0.1, 0.15) is 33.2 Å². The summed E-state index contributed by atoms with van der Waals surface area (Å²) in [6.07, 6.45) is -1.44. The van der Waals surface area contributed by atoms with Gasteiger partial charge >= 0.3 is 0 Å². The van der Waals surface area contributed by atoms with Gasteiger partial charge in [-0.3, -0.25) is 4.79 Å². The largest absolute Gasteiger partial charge is 0.288 e. The van der Waals surface area contributed by atoms with Gasteiger partial charge in [0.1, 0.15) is 5.82 Å². The van der Waals surface area contributed by atoms with Crippen LogP contribution in [-0.4, -0.2) is 5.78 Å². The van der Waals surface area contributed by atoms with Gasteiger partial charge in [0.05, 0.1) is 5.56 Å². The van der Waals surface area contributed by atoms with Crippen molar-refractivity contribution in [1.29, 1.82) is 0 Å². The van der Waals surface area contributed by atoms with E-state index in [0.29, 0.717) is 5.56 Å². The van der Waals surface area contributed by atoms with E-state index < -0.39 is 17.8 Å². The van der Waals surface area contributed by atoms with Crippen LogP contribution in [0.5, 0.6) is 0 Å². The van der Waals surface area contributed by atoms with Crippen molar-refractivity contribution in [1.82, 2.24) is 0 Å². The van der Waals surface area contributed by atoms with E-state index in [1.807, 2.05) is 0 Å². The molecule has 0 saturated heterocycles. The highest BCUT2D eigenvalue weighted by Crippen LogP contribution is 2.38. The summed E-state index contributed by atoms with van der Waals surface area (Å²) in [7, 11) is 0. The highest BCUT2D eigenvalue weighted by molar-refractivity contribution is 6.12. The Kier molecular flexibility index (Phi) is 2.08. The number of rotatable bonds is 0. The minimum Gasteiger partial charge on any atom is -0.288 e. The Labute approximate surface area is 96.7 Å². The molecule has 3 rings (SSSR count). The second kappa shape index (κ2) is 3.48. The quantitative estimate of drug-likeness (QED) is 0.677. The molecule has 0 amide bonds. The molecule has 3 heteroatoms. The van der Waals surface area contributed by atoms with Crippen molar-refractivity contribution >= 4 is 5.78 Å². The Morgan fingerprint density at radius 3 is 2.47 bits per heavy atom. The van der Waals surface area contributed by atoms with E-state index in [9.17, 15) is 13.6 Å². The van der Waals surface area contributed by atoms with Gasteiger partial charge in [-0.15, -0.1) is 0 Å². The molecule has 0 bridgehead atoms. The van der Waals surface area contributed by atoms with E-state index in [2.05, 4.69) is 0 Å². The fraction of sp³-hybridized carbons (Fsp3) is 0.0714. The van der Waals surface area contributed by atoms with Crippen LogP contribution in [0.2, 0.25) is 0 Å². The van der Waals surface area contributed by atoms with Gasteiger partial charge in [-0.2, -0.15) is 0 Å². The number of benzene rings is 2. The van der Waals surface area contributed by atoms with Gasteiger partial charge in [0.2, 0.25) is 0 Å². The molecule has 1 aliphatic carbocycles. The maximum atomic E-state index is 14.2. The third-order valence-corrected chi connectivity index (χ3v) is 3.02. The van der Waals surface area contributed by atoms with Crippen LogP contribution in [0.4, 0.5) is 8.78 Å². The number of halogens is 2. The molecule has 0 aliphatic heterocycles. The van der Waals surface area contributed by atoms with Gasteiger partial charge in [-0.1, -0.05) is 36.4 Å². The van der Waals surface area contributed by atoms with Gasteiger partial charge in [-0.25, -0.2) is 8.78 Å². The molecule has 0 heterocycles. The number of hydrogen-bond acceptors (Lipinski definition) is 1. The molecule has 17 heavy (non-hydrogen) atoms. The average molecular weight is 230 g/mol. The SMILES string of the molecule is O=C1c2ccccc2C(F)c2cccc(F)c21. The summed E-state index contributed by atoms with van der Waals surface area (Å²) in [5, 5.41) is 0. The molecule has 0 N–H and O–H groups in total. The van der Waals surface area contributed by atoms with Crippen LogP contribution in [0.3, 0.4) is 0 Å². The first-order valence-corrected chi connectivity index (χ1v) is 5.26. The molecule has 2 aromatic rings. The van der Waals surface area contributed by atoms with Crippen molar-refractivity contribution in [2.45, 2.75) is 6.17 Å². The summed E-state index contributed by atoms with van der Waals surface area (Å²) < 4.78 is 27.8. The highest BCUT2D eigenvalue weighted by Gasteiger charge is 2.32. The molecular weight excluding hydrogens is 222 g/mol. The Morgan fingerprint density at radius 1 is 0.941 bits per heavy atom. The van der Waals surface area contributed by atoms with Crippen LogP contribution in [0.25, 0.3) is 0 Å². The summed E-state index contributed by atoms with van der Waals surface area (Å²) in [6, 6.07) is 10.5. The van der Waals surface area contributed by atoms with Crippen LogP contribution >= 0.6 is 0 Å². The predicted molar refractivity (Wildman–Crippen MR) is 59.2 cm³/mol. The second-order valence-corrected chi connectivity index (χ2v) is 3.98. The Bertz CT molecular complexity index is 619. The fourth-order valence-corrected chi connectivity index (χ4v) is 2.22. The summed E-state index contributed by atoms with van der Waals surface area (Å²) in [5.74, 6) is -1.10. The number of carbonyl (C=O) groups excluding carboxylic acids is 1. The van der Waals surface area contributed by atoms with Crippen molar-refractivity contribution in [3.8, 4) is 0 Å². The molecule has 0 fully saturated rings. The predicted octanol–water partition coefficient (Wildman–Crippen LogP) is 3.43. The average Bonchev–Trinajstić information content (AvgIpc) is 2.36. The number of ketones is 1. The molecule has 0 aromatic heterocycles. The lowest BCUT2D eigenvalue weighted by atomic mass is 9.83. The van der Waals surface area contributed by atoms with Crippen LogP contribution in [-0.2, 0) is 0 Å². The molecule has 1 atom stereocenters. The molecule has 2 aromatic carbocycles. The summed E-state index contributed by atoms with van der Waals surface area (Å²) in [6.45, 7) is 0. The lowest BCUT2D eigenvalue weighted by Crippen LogP contribution is -2.18. The molecule has 1 aliphatic rings. The summed E-state index contributed by atoms with van der Waals surface area (Å²) >= 11 is 0. The molecule has 0 saturated carbocycles. The topological polar surface area (TPSA) is 17.1 Å². The number of fused-ring (bicyclic) bond motifs is 2. The van der Waals surface area contributed by atoms with Crippen LogP contribution < -0.4 is 0 Å². The number of alkyl halides is 1. The van der Waals surface area contributed by atoms with E-state index in [0.717, 1.165) is 0 Å². The zero-order valence-corrected chi connectivity index (χ0v) is 8.78. The third kappa shape index (κ3) is 1.32. The zero-order valence-electron chi connectivity index (χ0n) is 8.78. The smallest absolute Gasteiger partial charge is 0.196 e. The minimum absolute atomic E-state index is 0.119. The minimum atomic E-state index is -1.44. The lowest BCUT2D eigenvalue weighted by Gasteiger charge is -2.22. The monoisotopic (exact) mass is 230 g/mol. The van der Waals surface area contributed by atoms with E-state index in [1.54, 1.807) is 18.2 Å². The zero-order chi connectivity index (χ0) is 12.0. The first-order valence-electron chi connectivity index (χ1n) is 5.26. The molecule has 0 spiro atoms. The van der Waals surface area contributed by atoms with Crippen molar-refractivity contribution in [2.24, 2.45) is 0 Å². The third-order valence-electron chi connectivity index (χ3n) is 3.02. The van der Waals surface area contributed by atoms with E-state index in [4.69, 9.17) is 0 Å². The molecule has 84 valence electrons. The molecule has 1 unspecified atom stereocenters. The lowest BCUT2D eigenvalue weighted by molar-refractivity contribution is 0.102. The fourth-order valence-electron chi connectivity index (χ4n) is 2.22. The molecule has 0 radical (unpaired) electrons. The molecule has 1 nitrogen and oxygen atoms in total. The van der Waals surface area contributed by atoms with Crippen molar-refractivity contribution < 1.29 is 13.6 Å². The number of carbonyl (C=O) groups is 1. The van der Waals surface area contributed by atoms with Gasteiger partial charge in [0.15, 0.2) is 12.0 Å². The van der Waals surface area contributed by atoms with Crippen molar-refractivity contribution in [3.05, 3.63) is 70.5 Å². The van der Waals surface area contributed by atoms with Gasteiger partial charge in [-0.05, 0) is 6.07 Å². The Balaban J connectivity index is 2.33. The van der Waals surface area contributed by atoms with Crippen LogP contribution in [0, 0.1) is 5.82 Å². The Hall–Kier alpha value is -2.03. The first-order chi connectivity index (χ1) is 8.20. The van der Waals surface area contributed by atoms with Gasteiger partial charge in [0.25, 0.3) is 0 Å². The van der Waals surface area contributed by atoms with Crippen LogP contribution in [0.15, 0.2) is 42.5 Å². The van der Waals surface area contributed by atoms with E-state index >= 15 is 0 Å². The second-order valence-electron chi connectivity index (χ2n) is 3.98. The standard InChI is InChI=1S/C14H8F2O/c15-11-7-3-6-10-12(11)14(17)9-5-2-1-4-8(9)13(10)16/h1-7,13H. The van der Waals surface area contributed by atoms with E-state index in [-0.39, 0.29) is 16.7 Å². The normalized spacial score (nSPS) is 17.5. The summed E-state index contributed by atoms with van der Waals surface area (Å²) in [5.41, 5.74) is 0.542. The van der Waals surface area contributed by atoms with Gasteiger partial charge in [0, 0.05) is 16.7 Å². The van der Waals surface area contributed by atoms with Crippen molar-refractivity contribution in [2.75, 3.05) is 0 Å². The maximum Gasteiger partial charge on any atom is 0.196 e. The summed E-state index contributed by atoms with van der Waals surface area (Å²) in [4.78, 5) is 12.1. The molecular formula is C14H8F2O. The van der Waals surface area contributed by atoms with E-state index in [1.165, 1.54) is 24.3 Å². The van der Waals surface area contributed by atoms with Crippen molar-refractivity contribution in [3.63, 3.8) is 0 Å². The maximum absolute atomic E-state index is 14.2. The Morgan fingerprint density at radius 2 is 1.65 bits per heavy atom. The first kappa shape index (κ1) is 10.1. The highest BCUT2D eigenvalue weighted by atomic mass is 19.1. The number of hydrogen-bond donors (Lipinski definition) is 0. The van der Waals surface area contributed by atoms with Gasteiger partial charge < -0.3 is 0 Å².